The van der Waals surface area contributed by atoms with Crippen LogP contribution in [0, 0.1) is 0 Å². The molecule has 1 aromatic rings. The van der Waals surface area contributed by atoms with Gasteiger partial charge in [-0.05, 0) is 5.56 Å². The number of carbonyl (C=O) groups is 1. The normalized spacial score (nSPS) is 21.1. The summed E-state index contributed by atoms with van der Waals surface area (Å²) in [6.07, 6.45) is 0. The summed E-state index contributed by atoms with van der Waals surface area (Å²) in [5.41, 5.74) is 1.18. The quantitative estimate of drug-likeness (QED) is 0.739. The topological polar surface area (TPSA) is 38.8 Å². The Bertz CT molecular complexity index is 366. The second-order valence-corrected chi connectivity index (χ2v) is 4.05. The van der Waals surface area contributed by atoms with Crippen molar-refractivity contribution in [1.82, 2.24) is 4.90 Å². The molecule has 0 aromatic heterocycles. The first-order valence-electron chi connectivity index (χ1n) is 5.75. The maximum atomic E-state index is 11.4. The van der Waals surface area contributed by atoms with E-state index in [9.17, 15) is 4.79 Å². The number of hydrogen-bond donors (Lipinski definition) is 0. The second-order valence-electron chi connectivity index (χ2n) is 4.05. The fourth-order valence-electron chi connectivity index (χ4n) is 2.04. The molecule has 0 N–H and O–H groups in total. The van der Waals surface area contributed by atoms with E-state index < -0.39 is 0 Å². The van der Waals surface area contributed by atoms with Crippen molar-refractivity contribution in [3.8, 4) is 0 Å². The van der Waals surface area contributed by atoms with Gasteiger partial charge in [0, 0.05) is 6.54 Å². The molecule has 0 spiro atoms. The minimum absolute atomic E-state index is 0.143. The fraction of sp³-hybridized carbons (Fsp3) is 0.462. The largest absolute Gasteiger partial charge is 0.468 e. The molecule has 4 nitrogen and oxygen atoms in total. The molecule has 0 saturated carbocycles. The van der Waals surface area contributed by atoms with Crippen molar-refractivity contribution < 1.29 is 14.3 Å². The lowest BCUT2D eigenvalue weighted by Crippen LogP contribution is -2.42. The minimum atomic E-state index is -0.201. The van der Waals surface area contributed by atoms with Crippen LogP contribution in [0.4, 0.5) is 0 Å². The van der Waals surface area contributed by atoms with Gasteiger partial charge in [0.25, 0.3) is 0 Å². The lowest BCUT2D eigenvalue weighted by Gasteiger charge is -2.34. The van der Waals surface area contributed by atoms with Crippen molar-refractivity contribution in [3.63, 3.8) is 0 Å². The summed E-state index contributed by atoms with van der Waals surface area (Å²) >= 11 is 0. The number of morpholine rings is 1. The molecule has 0 amide bonds. The fourth-order valence-corrected chi connectivity index (χ4v) is 2.04. The van der Waals surface area contributed by atoms with E-state index in [0.29, 0.717) is 19.8 Å². The zero-order valence-corrected chi connectivity index (χ0v) is 9.96. The molecule has 17 heavy (non-hydrogen) atoms. The number of rotatable bonds is 3. The number of hydrogen-bond acceptors (Lipinski definition) is 4. The highest BCUT2D eigenvalue weighted by molar-refractivity contribution is 5.71. The van der Waals surface area contributed by atoms with Crippen LogP contribution in [0.5, 0.6) is 0 Å². The predicted molar refractivity (Wildman–Crippen MR) is 63.6 cm³/mol. The molecular weight excluding hydrogens is 218 g/mol. The number of methoxy groups -OCH3 is 1. The maximum absolute atomic E-state index is 11.4. The lowest BCUT2D eigenvalue weighted by atomic mass is 10.1. The number of benzene rings is 1. The van der Waals surface area contributed by atoms with Gasteiger partial charge in [-0.25, -0.2) is 0 Å². The first-order chi connectivity index (χ1) is 8.31. The van der Waals surface area contributed by atoms with Crippen molar-refractivity contribution in [2.24, 2.45) is 0 Å². The molecule has 1 saturated heterocycles. The zero-order chi connectivity index (χ0) is 12.1. The molecule has 1 heterocycles. The highest BCUT2D eigenvalue weighted by Crippen LogP contribution is 2.23. The molecule has 1 atom stereocenters. The van der Waals surface area contributed by atoms with Crippen LogP contribution in [0.2, 0.25) is 0 Å². The summed E-state index contributed by atoms with van der Waals surface area (Å²) < 4.78 is 10.2. The molecule has 1 aromatic carbocycles. The molecule has 0 unspecified atom stereocenters. The van der Waals surface area contributed by atoms with Gasteiger partial charge < -0.3 is 9.47 Å². The average Bonchev–Trinajstić information content (AvgIpc) is 2.40. The third kappa shape index (κ3) is 3.05. The third-order valence-corrected chi connectivity index (χ3v) is 2.98. The second kappa shape index (κ2) is 5.80. The van der Waals surface area contributed by atoms with Gasteiger partial charge in [0.05, 0.1) is 32.9 Å². The Hall–Kier alpha value is -1.39. The van der Waals surface area contributed by atoms with E-state index >= 15 is 0 Å². The van der Waals surface area contributed by atoms with Crippen molar-refractivity contribution in [1.29, 1.82) is 0 Å². The van der Waals surface area contributed by atoms with Crippen molar-refractivity contribution >= 4 is 5.97 Å². The monoisotopic (exact) mass is 235 g/mol. The smallest absolute Gasteiger partial charge is 0.319 e. The van der Waals surface area contributed by atoms with E-state index in [0.717, 1.165) is 6.54 Å². The van der Waals surface area contributed by atoms with E-state index in [1.165, 1.54) is 12.7 Å². The number of carbonyl (C=O) groups excluding carboxylic acids is 1. The van der Waals surface area contributed by atoms with E-state index in [2.05, 4.69) is 17.0 Å². The van der Waals surface area contributed by atoms with Crippen LogP contribution in [-0.2, 0) is 14.3 Å². The molecule has 0 bridgehead atoms. The van der Waals surface area contributed by atoms with Crippen molar-refractivity contribution in [2.45, 2.75) is 6.04 Å². The van der Waals surface area contributed by atoms with Crippen LogP contribution in [0.25, 0.3) is 0 Å². The van der Waals surface area contributed by atoms with Gasteiger partial charge in [-0.2, -0.15) is 0 Å². The van der Waals surface area contributed by atoms with Gasteiger partial charge in [-0.3, -0.25) is 9.69 Å². The van der Waals surface area contributed by atoms with Crippen LogP contribution < -0.4 is 0 Å². The van der Waals surface area contributed by atoms with Gasteiger partial charge in [-0.1, -0.05) is 30.3 Å². The SMILES string of the molecule is COC(=O)CN1CCOC[C@@H]1c1ccccc1. The molecule has 4 heteroatoms. The molecule has 1 aliphatic rings. The molecule has 92 valence electrons. The van der Waals surface area contributed by atoms with Crippen LogP contribution >= 0.6 is 0 Å². The van der Waals surface area contributed by atoms with Gasteiger partial charge in [-0.15, -0.1) is 0 Å². The first kappa shape index (κ1) is 12.1. The summed E-state index contributed by atoms with van der Waals surface area (Å²) in [4.78, 5) is 13.5. The van der Waals surface area contributed by atoms with Crippen molar-refractivity contribution in [3.05, 3.63) is 35.9 Å². The number of ether oxygens (including phenoxy) is 2. The molecule has 0 radical (unpaired) electrons. The lowest BCUT2D eigenvalue weighted by molar-refractivity contribution is -0.144. The van der Waals surface area contributed by atoms with Crippen LogP contribution in [0.3, 0.4) is 0 Å². The van der Waals surface area contributed by atoms with Gasteiger partial charge in [0.2, 0.25) is 0 Å². The van der Waals surface area contributed by atoms with Crippen molar-refractivity contribution in [2.75, 3.05) is 33.4 Å². The summed E-state index contributed by atoms with van der Waals surface area (Å²) in [7, 11) is 1.42. The van der Waals surface area contributed by atoms with Crippen LogP contribution in [-0.4, -0.2) is 44.3 Å². The Morgan fingerprint density at radius 2 is 2.24 bits per heavy atom. The van der Waals surface area contributed by atoms with Crippen LogP contribution in [0.15, 0.2) is 30.3 Å². The molecule has 2 rings (SSSR count). The number of esters is 1. The Balaban J connectivity index is 2.09. The Morgan fingerprint density at radius 1 is 1.47 bits per heavy atom. The molecule has 1 aliphatic heterocycles. The highest BCUT2D eigenvalue weighted by atomic mass is 16.5. The molecular formula is C13H17NO3. The average molecular weight is 235 g/mol. The Kier molecular flexibility index (Phi) is 4.12. The Morgan fingerprint density at radius 3 is 2.94 bits per heavy atom. The predicted octanol–water partition coefficient (Wildman–Crippen LogP) is 1.23. The summed E-state index contributed by atoms with van der Waals surface area (Å²) in [5.74, 6) is -0.201. The van der Waals surface area contributed by atoms with Gasteiger partial charge in [0.1, 0.15) is 0 Å². The maximum Gasteiger partial charge on any atom is 0.319 e. The zero-order valence-electron chi connectivity index (χ0n) is 9.96. The number of nitrogens with zero attached hydrogens (tertiary/aromatic N) is 1. The first-order valence-corrected chi connectivity index (χ1v) is 5.75. The summed E-state index contributed by atoms with van der Waals surface area (Å²) in [6, 6.07) is 10.2. The minimum Gasteiger partial charge on any atom is -0.468 e. The van der Waals surface area contributed by atoms with E-state index in [4.69, 9.17) is 9.47 Å². The van der Waals surface area contributed by atoms with Gasteiger partial charge in [0.15, 0.2) is 0 Å². The van der Waals surface area contributed by atoms with E-state index in [1.807, 2.05) is 18.2 Å². The summed E-state index contributed by atoms with van der Waals surface area (Å²) in [6.45, 7) is 2.37. The summed E-state index contributed by atoms with van der Waals surface area (Å²) in [5, 5.41) is 0. The third-order valence-electron chi connectivity index (χ3n) is 2.98. The van der Waals surface area contributed by atoms with Gasteiger partial charge >= 0.3 is 5.97 Å². The molecule has 0 aliphatic carbocycles. The Labute approximate surface area is 101 Å². The highest BCUT2D eigenvalue weighted by Gasteiger charge is 2.26. The standard InChI is InChI=1S/C13H17NO3/c1-16-13(15)9-14-7-8-17-10-12(14)11-5-3-2-4-6-11/h2-6,12H,7-10H2,1H3/t12-/m1/s1. The van der Waals surface area contributed by atoms with E-state index in [1.54, 1.807) is 0 Å². The van der Waals surface area contributed by atoms with E-state index in [-0.39, 0.29) is 12.0 Å². The molecule has 1 fully saturated rings. The van der Waals surface area contributed by atoms with Crippen LogP contribution in [0.1, 0.15) is 11.6 Å².